The van der Waals surface area contributed by atoms with Crippen molar-refractivity contribution in [2.45, 2.75) is 64.3 Å². The third-order valence-electron chi connectivity index (χ3n) is 6.29. The fourth-order valence-corrected chi connectivity index (χ4v) is 6.66. The largest absolute Gasteiger partial charge is 0.483 e. The number of nitrogens with one attached hydrogen (secondary N) is 1. The minimum atomic E-state index is -0.414. The fraction of sp³-hybridized carbons (Fsp3) is 0.407. The van der Waals surface area contributed by atoms with Crippen LogP contribution >= 0.6 is 34.7 Å². The molecule has 1 unspecified atom stereocenters. The summed E-state index contributed by atoms with van der Waals surface area (Å²) in [4.78, 5) is 26.5. The van der Waals surface area contributed by atoms with E-state index in [1.807, 2.05) is 37.5 Å². The molecule has 1 N–H and O–H groups in total. The summed E-state index contributed by atoms with van der Waals surface area (Å²) in [5, 5.41) is 13.4. The lowest BCUT2D eigenvalue weighted by atomic mass is 9.95. The lowest BCUT2D eigenvalue weighted by molar-refractivity contribution is -0.113. The van der Waals surface area contributed by atoms with E-state index in [1.165, 1.54) is 30.2 Å². The van der Waals surface area contributed by atoms with Gasteiger partial charge in [0.1, 0.15) is 10.8 Å². The normalized spacial score (nSPS) is 13.5. The summed E-state index contributed by atoms with van der Waals surface area (Å²) in [6.07, 6.45) is 5.20. The number of halogens is 1. The van der Waals surface area contributed by atoms with E-state index in [0.29, 0.717) is 33.8 Å². The zero-order valence-electron chi connectivity index (χ0n) is 21.9. The molecule has 0 aliphatic heterocycles. The van der Waals surface area contributed by atoms with Crippen LogP contribution in [0.25, 0.3) is 0 Å². The Labute approximate surface area is 235 Å². The highest BCUT2D eigenvalue weighted by atomic mass is 35.5. The van der Waals surface area contributed by atoms with Gasteiger partial charge in [0.05, 0.1) is 18.4 Å². The van der Waals surface area contributed by atoms with Gasteiger partial charge in [0.15, 0.2) is 17.1 Å². The third kappa shape index (κ3) is 6.08. The van der Waals surface area contributed by atoms with Crippen LogP contribution < -0.4 is 10.1 Å². The smallest absolute Gasteiger partial charge is 0.341 e. The number of thioether (sulfide) groups is 1. The maximum Gasteiger partial charge on any atom is 0.341 e. The average Bonchev–Trinajstić information content (AvgIpc) is 3.46. The molecule has 1 amide bonds. The van der Waals surface area contributed by atoms with Gasteiger partial charge in [0.2, 0.25) is 5.91 Å². The number of benzene rings is 1. The lowest BCUT2D eigenvalue weighted by Gasteiger charge is -2.17. The fourth-order valence-electron chi connectivity index (χ4n) is 4.50. The number of nitrogens with zero attached hydrogens (tertiary/aromatic N) is 3. The first-order chi connectivity index (χ1) is 18.2. The Balaban J connectivity index is 1.47. The molecule has 2 heterocycles. The topological polar surface area (TPSA) is 95.3 Å². The van der Waals surface area contributed by atoms with Gasteiger partial charge in [-0.15, -0.1) is 28.1 Å². The summed E-state index contributed by atoms with van der Waals surface area (Å²) in [6, 6.07) is 3.79. The van der Waals surface area contributed by atoms with Crippen molar-refractivity contribution in [1.29, 1.82) is 0 Å². The number of allylic oxidation sites excluding steroid dienone is 1. The van der Waals surface area contributed by atoms with E-state index in [4.69, 9.17) is 21.1 Å². The number of esters is 1. The summed E-state index contributed by atoms with van der Waals surface area (Å²) in [5.41, 5.74) is 3.36. The monoisotopic (exact) mass is 574 g/mol. The minimum Gasteiger partial charge on any atom is -0.483 e. The van der Waals surface area contributed by atoms with E-state index in [-0.39, 0.29) is 11.7 Å². The van der Waals surface area contributed by atoms with Crippen molar-refractivity contribution in [1.82, 2.24) is 14.8 Å². The molecule has 1 atom stereocenters. The van der Waals surface area contributed by atoms with Crippen LogP contribution in [0.4, 0.5) is 5.00 Å². The predicted octanol–water partition coefficient (Wildman–Crippen LogP) is 6.33. The second kappa shape index (κ2) is 12.4. The number of ether oxygens (including phenoxy) is 2. The second-order valence-corrected chi connectivity index (χ2v) is 11.5. The molecular weight excluding hydrogens is 544 g/mol. The molecule has 3 aromatic rings. The van der Waals surface area contributed by atoms with Crippen molar-refractivity contribution >= 4 is 51.6 Å². The molecule has 2 aromatic heterocycles. The molecule has 4 rings (SSSR count). The molecule has 1 aliphatic rings. The summed E-state index contributed by atoms with van der Waals surface area (Å²) < 4.78 is 13.0. The Morgan fingerprint density at radius 3 is 2.66 bits per heavy atom. The number of methoxy groups -OCH3 is 1. The second-order valence-electron chi connectivity index (χ2n) is 9.11. The van der Waals surface area contributed by atoms with Crippen LogP contribution in [0.2, 0.25) is 5.02 Å². The summed E-state index contributed by atoms with van der Waals surface area (Å²) in [6.45, 7) is 10.1. The van der Waals surface area contributed by atoms with Crippen molar-refractivity contribution in [2.75, 3.05) is 18.2 Å². The van der Waals surface area contributed by atoms with Crippen molar-refractivity contribution in [3.8, 4) is 5.75 Å². The Kier molecular flexibility index (Phi) is 9.17. The molecule has 0 saturated carbocycles. The Hall–Kier alpha value is -2.82. The Morgan fingerprint density at radius 1 is 1.26 bits per heavy atom. The van der Waals surface area contributed by atoms with Gasteiger partial charge in [0.25, 0.3) is 0 Å². The summed E-state index contributed by atoms with van der Waals surface area (Å²) in [7, 11) is 1.36. The number of hydrogen-bond acceptors (Lipinski definition) is 8. The number of thiophene rings is 1. The molecule has 0 spiro atoms. The molecule has 0 fully saturated rings. The van der Waals surface area contributed by atoms with Gasteiger partial charge in [-0.3, -0.25) is 9.36 Å². The Morgan fingerprint density at radius 2 is 1.97 bits per heavy atom. The molecular formula is C27H31ClN4O4S2. The van der Waals surface area contributed by atoms with E-state index < -0.39 is 12.1 Å². The van der Waals surface area contributed by atoms with Gasteiger partial charge < -0.3 is 14.8 Å². The molecule has 0 bridgehead atoms. The number of rotatable bonds is 10. The molecule has 11 heteroatoms. The maximum absolute atomic E-state index is 12.9. The first kappa shape index (κ1) is 28.2. The number of fused-ring (bicyclic) bond motifs is 1. The average molecular weight is 575 g/mol. The van der Waals surface area contributed by atoms with Crippen LogP contribution in [0.5, 0.6) is 5.75 Å². The van der Waals surface area contributed by atoms with E-state index in [0.717, 1.165) is 52.3 Å². The molecule has 1 aliphatic carbocycles. The predicted molar refractivity (Wildman–Crippen MR) is 152 cm³/mol. The molecule has 0 saturated heterocycles. The third-order valence-corrected chi connectivity index (χ3v) is 9.06. The highest BCUT2D eigenvalue weighted by Crippen LogP contribution is 2.38. The highest BCUT2D eigenvalue weighted by Gasteiger charge is 2.27. The maximum atomic E-state index is 12.9. The van der Waals surface area contributed by atoms with Crippen LogP contribution in [0.1, 0.15) is 63.6 Å². The van der Waals surface area contributed by atoms with Crippen LogP contribution in [0, 0.1) is 13.8 Å². The van der Waals surface area contributed by atoms with Crippen molar-refractivity contribution in [2.24, 2.45) is 0 Å². The number of amides is 1. The number of anilines is 1. The Bertz CT molecular complexity index is 1340. The van der Waals surface area contributed by atoms with Gasteiger partial charge in [-0.1, -0.05) is 29.4 Å². The first-order valence-electron chi connectivity index (χ1n) is 12.4. The lowest BCUT2D eigenvalue weighted by Crippen LogP contribution is -2.17. The van der Waals surface area contributed by atoms with Crippen molar-refractivity contribution < 1.29 is 19.1 Å². The standard InChI is InChI=1S/C27H31ClN4O4S2/c1-6-11-32-24(17(4)36-18-12-15(2)23(28)16(3)13-18)30-31-27(32)37-14-21(33)29-25-22(26(34)35-5)19-9-7-8-10-20(19)38-25/h6,12-13,17H,1,7-11,14H2,2-5H3,(H,29,33). The SMILES string of the molecule is C=CCn1c(SCC(=O)Nc2sc3c(c2C(=O)OC)CCCC3)nnc1C(C)Oc1cc(C)c(Cl)c(C)c1. The van der Waals surface area contributed by atoms with Gasteiger partial charge in [-0.2, -0.15) is 0 Å². The minimum absolute atomic E-state index is 0.100. The van der Waals surface area contributed by atoms with Crippen LogP contribution in [-0.4, -0.2) is 39.5 Å². The van der Waals surface area contributed by atoms with Gasteiger partial charge in [-0.05, 0) is 75.3 Å². The van der Waals surface area contributed by atoms with Gasteiger partial charge in [-0.25, -0.2) is 4.79 Å². The van der Waals surface area contributed by atoms with Crippen molar-refractivity contribution in [3.63, 3.8) is 0 Å². The number of carbonyl (C=O) groups excluding carboxylic acids is 2. The molecule has 0 radical (unpaired) electrons. The van der Waals surface area contributed by atoms with E-state index in [1.54, 1.807) is 6.08 Å². The van der Waals surface area contributed by atoms with E-state index in [2.05, 4.69) is 22.1 Å². The first-order valence-corrected chi connectivity index (χ1v) is 14.5. The van der Waals surface area contributed by atoms with Gasteiger partial charge >= 0.3 is 5.97 Å². The number of carbonyl (C=O) groups is 2. The van der Waals surface area contributed by atoms with E-state index >= 15 is 0 Å². The zero-order valence-corrected chi connectivity index (χ0v) is 24.3. The molecule has 38 heavy (non-hydrogen) atoms. The number of aromatic nitrogens is 3. The summed E-state index contributed by atoms with van der Waals surface area (Å²) in [5.74, 6) is 0.770. The molecule has 8 nitrogen and oxygen atoms in total. The molecule has 202 valence electrons. The highest BCUT2D eigenvalue weighted by molar-refractivity contribution is 7.99. The summed E-state index contributed by atoms with van der Waals surface area (Å²) >= 11 is 9.02. The van der Waals surface area contributed by atoms with Crippen LogP contribution in [0.3, 0.4) is 0 Å². The van der Waals surface area contributed by atoms with Crippen LogP contribution in [0.15, 0.2) is 29.9 Å². The zero-order chi connectivity index (χ0) is 27.4. The number of aryl methyl sites for hydroxylation is 3. The number of hydrogen-bond donors (Lipinski definition) is 1. The molecule has 1 aromatic carbocycles. The van der Waals surface area contributed by atoms with Crippen molar-refractivity contribution in [3.05, 3.63) is 62.8 Å². The quantitative estimate of drug-likeness (QED) is 0.172. The van der Waals surface area contributed by atoms with Crippen LogP contribution in [-0.2, 0) is 28.9 Å². The van der Waals surface area contributed by atoms with Gasteiger partial charge in [0, 0.05) is 16.4 Å². The van der Waals surface area contributed by atoms with E-state index in [9.17, 15) is 9.59 Å².